The number of aromatic amines is 1. The smallest absolute Gasteiger partial charge is 0.139 e. The van der Waals surface area contributed by atoms with Crippen molar-refractivity contribution in [2.24, 2.45) is 0 Å². The number of rotatable bonds is 3. The van der Waals surface area contributed by atoms with Gasteiger partial charge < -0.3 is 10.3 Å². The van der Waals surface area contributed by atoms with E-state index >= 15 is 0 Å². The van der Waals surface area contributed by atoms with E-state index in [0.29, 0.717) is 0 Å². The maximum atomic E-state index is 4.66. The zero-order chi connectivity index (χ0) is 16.0. The molecule has 4 rings (SSSR count). The first-order valence-corrected chi connectivity index (χ1v) is 8.37. The van der Waals surface area contributed by atoms with Gasteiger partial charge in [0, 0.05) is 4.88 Å². The van der Waals surface area contributed by atoms with Crippen molar-refractivity contribution < 1.29 is 0 Å². The standard InChI is InChI=1S/C17H17N5S/c1-9-11(3)23-17-14(9)16(18-8-19-17)20-10(2)15-21-12-6-4-5-7-13(12)22-15/h4-8,10H,1-3H3,(H,21,22)(H,18,19,20)/t10-/m1/s1. The second kappa shape index (κ2) is 5.31. The first-order chi connectivity index (χ1) is 11.1. The number of imidazole rings is 1. The minimum atomic E-state index is 0.0279. The molecule has 5 nitrogen and oxygen atoms in total. The van der Waals surface area contributed by atoms with E-state index in [4.69, 9.17) is 0 Å². The maximum Gasteiger partial charge on any atom is 0.139 e. The number of H-pyrrole nitrogens is 1. The van der Waals surface area contributed by atoms with Crippen molar-refractivity contribution in [3.63, 3.8) is 0 Å². The Labute approximate surface area is 137 Å². The summed E-state index contributed by atoms with van der Waals surface area (Å²) in [6.45, 7) is 6.32. The van der Waals surface area contributed by atoms with Crippen LogP contribution in [0.15, 0.2) is 30.6 Å². The molecule has 0 radical (unpaired) electrons. The van der Waals surface area contributed by atoms with Gasteiger partial charge in [-0.25, -0.2) is 15.0 Å². The number of hydrogen-bond donors (Lipinski definition) is 2. The second-order valence-corrected chi connectivity index (χ2v) is 6.89. The van der Waals surface area contributed by atoms with Crippen molar-refractivity contribution in [2.45, 2.75) is 26.8 Å². The van der Waals surface area contributed by atoms with E-state index in [1.54, 1.807) is 17.7 Å². The molecule has 0 bridgehead atoms. The highest BCUT2D eigenvalue weighted by Crippen LogP contribution is 2.33. The molecular formula is C17H17N5S. The summed E-state index contributed by atoms with van der Waals surface area (Å²) in [5.41, 5.74) is 3.27. The topological polar surface area (TPSA) is 66.5 Å². The number of aryl methyl sites for hydroxylation is 2. The molecule has 4 aromatic rings. The van der Waals surface area contributed by atoms with E-state index in [1.165, 1.54) is 10.4 Å². The van der Waals surface area contributed by atoms with Crippen molar-refractivity contribution in [1.82, 2.24) is 19.9 Å². The summed E-state index contributed by atoms with van der Waals surface area (Å²) in [6, 6.07) is 8.08. The third-order valence-corrected chi connectivity index (χ3v) is 5.25. The molecule has 1 aromatic carbocycles. The molecular weight excluding hydrogens is 306 g/mol. The number of thiophene rings is 1. The zero-order valence-electron chi connectivity index (χ0n) is 13.2. The molecule has 0 aliphatic carbocycles. The molecule has 0 spiro atoms. The molecule has 3 aromatic heterocycles. The van der Waals surface area contributed by atoms with Crippen molar-refractivity contribution in [2.75, 3.05) is 5.32 Å². The fourth-order valence-corrected chi connectivity index (χ4v) is 3.74. The van der Waals surface area contributed by atoms with Gasteiger partial charge in [0.25, 0.3) is 0 Å². The number of fused-ring (bicyclic) bond motifs is 2. The lowest BCUT2D eigenvalue weighted by atomic mass is 10.2. The molecule has 3 heterocycles. The number of benzene rings is 1. The second-order valence-electron chi connectivity index (χ2n) is 5.69. The zero-order valence-corrected chi connectivity index (χ0v) is 14.0. The van der Waals surface area contributed by atoms with E-state index in [1.807, 2.05) is 24.3 Å². The molecule has 0 saturated carbocycles. The van der Waals surface area contributed by atoms with Crippen LogP contribution in [0.4, 0.5) is 5.82 Å². The van der Waals surface area contributed by atoms with Gasteiger partial charge in [-0.1, -0.05) is 12.1 Å². The Morgan fingerprint density at radius 1 is 1.17 bits per heavy atom. The van der Waals surface area contributed by atoms with Crippen LogP contribution >= 0.6 is 11.3 Å². The minimum Gasteiger partial charge on any atom is -0.360 e. The van der Waals surface area contributed by atoms with E-state index < -0.39 is 0 Å². The first-order valence-electron chi connectivity index (χ1n) is 7.55. The predicted molar refractivity (Wildman–Crippen MR) is 95.0 cm³/mol. The lowest BCUT2D eigenvalue weighted by molar-refractivity contribution is 0.810. The molecule has 0 saturated heterocycles. The van der Waals surface area contributed by atoms with Gasteiger partial charge >= 0.3 is 0 Å². The molecule has 0 fully saturated rings. The fraction of sp³-hybridized carbons (Fsp3) is 0.235. The number of nitrogens with one attached hydrogen (secondary N) is 2. The summed E-state index contributed by atoms with van der Waals surface area (Å²) in [5.74, 6) is 1.77. The number of para-hydroxylation sites is 2. The Morgan fingerprint density at radius 2 is 2.00 bits per heavy atom. The van der Waals surface area contributed by atoms with Crippen LogP contribution in [0.1, 0.15) is 29.2 Å². The van der Waals surface area contributed by atoms with Crippen LogP contribution in [-0.2, 0) is 0 Å². The average molecular weight is 323 g/mol. The molecule has 0 amide bonds. The SMILES string of the molecule is Cc1sc2ncnc(N[C@H](C)c3nc4ccccc4[nH]3)c2c1C. The lowest BCUT2D eigenvalue weighted by Crippen LogP contribution is -2.10. The Morgan fingerprint density at radius 3 is 2.83 bits per heavy atom. The Kier molecular flexibility index (Phi) is 3.27. The van der Waals surface area contributed by atoms with Crippen molar-refractivity contribution >= 4 is 38.4 Å². The summed E-state index contributed by atoms with van der Waals surface area (Å²) in [5, 5.41) is 4.59. The van der Waals surface area contributed by atoms with Gasteiger partial charge in [0.05, 0.1) is 22.5 Å². The van der Waals surface area contributed by atoms with Crippen LogP contribution < -0.4 is 5.32 Å². The third-order valence-electron chi connectivity index (χ3n) is 4.14. The number of nitrogens with zero attached hydrogens (tertiary/aromatic N) is 3. The van der Waals surface area contributed by atoms with Crippen molar-refractivity contribution in [3.05, 3.63) is 46.9 Å². The van der Waals surface area contributed by atoms with E-state index in [0.717, 1.165) is 32.9 Å². The molecule has 1 atom stereocenters. The van der Waals surface area contributed by atoms with Crippen molar-refractivity contribution in [1.29, 1.82) is 0 Å². The third kappa shape index (κ3) is 2.35. The summed E-state index contributed by atoms with van der Waals surface area (Å²) < 4.78 is 0. The van der Waals surface area contributed by atoms with Crippen LogP contribution in [-0.4, -0.2) is 19.9 Å². The van der Waals surface area contributed by atoms with Gasteiger partial charge in [-0.05, 0) is 38.5 Å². The lowest BCUT2D eigenvalue weighted by Gasteiger charge is -2.13. The number of hydrogen-bond acceptors (Lipinski definition) is 5. The molecule has 6 heteroatoms. The maximum absolute atomic E-state index is 4.66. The molecule has 23 heavy (non-hydrogen) atoms. The number of anilines is 1. The minimum absolute atomic E-state index is 0.0279. The normalized spacial score (nSPS) is 12.8. The molecule has 0 aliphatic heterocycles. The Balaban J connectivity index is 1.72. The fourth-order valence-electron chi connectivity index (χ4n) is 2.74. The highest BCUT2D eigenvalue weighted by molar-refractivity contribution is 7.18. The van der Waals surface area contributed by atoms with Gasteiger partial charge in [0.1, 0.15) is 22.8 Å². The van der Waals surface area contributed by atoms with E-state index in [-0.39, 0.29) is 6.04 Å². The molecule has 2 N–H and O–H groups in total. The summed E-state index contributed by atoms with van der Waals surface area (Å²) in [6.07, 6.45) is 1.62. The van der Waals surface area contributed by atoms with Crippen LogP contribution in [0.2, 0.25) is 0 Å². The number of aromatic nitrogens is 4. The van der Waals surface area contributed by atoms with Crippen LogP contribution in [0.5, 0.6) is 0 Å². The van der Waals surface area contributed by atoms with Gasteiger partial charge in [-0.15, -0.1) is 11.3 Å². The molecule has 0 aliphatic rings. The van der Waals surface area contributed by atoms with Gasteiger partial charge in [-0.2, -0.15) is 0 Å². The highest BCUT2D eigenvalue weighted by Gasteiger charge is 2.16. The summed E-state index contributed by atoms with van der Waals surface area (Å²) >= 11 is 1.71. The van der Waals surface area contributed by atoms with E-state index in [9.17, 15) is 0 Å². The molecule has 116 valence electrons. The summed E-state index contributed by atoms with van der Waals surface area (Å²) in [4.78, 5) is 19.2. The highest BCUT2D eigenvalue weighted by atomic mass is 32.1. The molecule has 0 unspecified atom stereocenters. The van der Waals surface area contributed by atoms with Crippen LogP contribution in [0.3, 0.4) is 0 Å². The first kappa shape index (κ1) is 14.1. The van der Waals surface area contributed by atoms with Crippen LogP contribution in [0, 0.1) is 13.8 Å². The average Bonchev–Trinajstić information content (AvgIpc) is 3.10. The quantitative estimate of drug-likeness (QED) is 0.588. The van der Waals surface area contributed by atoms with Gasteiger partial charge in [0.2, 0.25) is 0 Å². The van der Waals surface area contributed by atoms with Gasteiger partial charge in [0.15, 0.2) is 0 Å². The Hall–Kier alpha value is -2.47. The van der Waals surface area contributed by atoms with Crippen LogP contribution in [0.25, 0.3) is 21.3 Å². The predicted octanol–water partition coefficient (Wildman–Crippen LogP) is 4.36. The largest absolute Gasteiger partial charge is 0.360 e. The summed E-state index contributed by atoms with van der Waals surface area (Å²) in [7, 11) is 0. The monoisotopic (exact) mass is 323 g/mol. The van der Waals surface area contributed by atoms with E-state index in [2.05, 4.69) is 46.0 Å². The van der Waals surface area contributed by atoms with Crippen molar-refractivity contribution in [3.8, 4) is 0 Å². The Bertz CT molecular complexity index is 968. The van der Waals surface area contributed by atoms with Gasteiger partial charge in [-0.3, -0.25) is 0 Å².